The Morgan fingerprint density at radius 2 is 2.14 bits per heavy atom. The summed E-state index contributed by atoms with van der Waals surface area (Å²) in [5.74, 6) is 2.16. The van der Waals surface area contributed by atoms with Gasteiger partial charge in [0.25, 0.3) is 0 Å². The minimum atomic E-state index is 0.157. The Morgan fingerprint density at radius 1 is 1.24 bits per heavy atom. The molecule has 0 fully saturated rings. The highest BCUT2D eigenvalue weighted by Crippen LogP contribution is 2.06. The average molecular weight is 276 g/mol. The first-order valence-corrected chi connectivity index (χ1v) is 6.98. The topological polar surface area (TPSA) is 33.2 Å². The average Bonchev–Trinajstić information content (AvgIpc) is 2.85. The summed E-state index contributed by atoms with van der Waals surface area (Å²) < 4.78 is 8.03. The van der Waals surface area contributed by atoms with E-state index in [1.165, 1.54) is 5.59 Å². The van der Waals surface area contributed by atoms with Gasteiger partial charge in [0.15, 0.2) is 11.8 Å². The zero-order chi connectivity index (χ0) is 14.4. The van der Waals surface area contributed by atoms with Gasteiger partial charge in [-0.05, 0) is 37.4 Å². The van der Waals surface area contributed by atoms with Crippen molar-refractivity contribution in [2.75, 3.05) is 7.05 Å². The molecule has 5 heteroatoms. The fourth-order valence-electron chi connectivity index (χ4n) is 2.91. The predicted molar refractivity (Wildman–Crippen MR) is 83.0 cm³/mol. The van der Waals surface area contributed by atoms with Crippen LogP contribution in [0.2, 0.25) is 0 Å². The lowest BCUT2D eigenvalue weighted by atomic mass is 9.56. The first kappa shape index (κ1) is 12.2. The number of aryl methyl sites for hydroxylation is 1. The molecule has 1 aliphatic heterocycles. The number of pyridine rings is 2. The van der Waals surface area contributed by atoms with Crippen LogP contribution in [-0.2, 0) is 7.05 Å². The normalized spacial score (nSPS) is 13.8. The molecule has 0 N–H and O–H groups in total. The van der Waals surface area contributed by atoms with Gasteiger partial charge in [-0.3, -0.25) is 0 Å². The van der Waals surface area contributed by atoms with Crippen LogP contribution in [0.25, 0.3) is 23.3 Å². The second kappa shape index (κ2) is 4.48. The first-order chi connectivity index (χ1) is 10.2. The molecule has 0 unspecified atom stereocenters. The summed E-state index contributed by atoms with van der Waals surface area (Å²) in [4.78, 5) is 6.50. The molecule has 1 aliphatic rings. The maximum atomic E-state index is 5.90. The van der Waals surface area contributed by atoms with Crippen LogP contribution in [0.1, 0.15) is 0 Å². The van der Waals surface area contributed by atoms with Gasteiger partial charge in [0.05, 0.1) is 0 Å². The second-order valence-electron chi connectivity index (χ2n) is 5.38. The molecule has 0 bridgehead atoms. The van der Waals surface area contributed by atoms with Gasteiger partial charge >= 0.3 is 6.85 Å². The van der Waals surface area contributed by atoms with E-state index >= 15 is 0 Å². The highest BCUT2D eigenvalue weighted by atomic mass is 16.3. The largest absolute Gasteiger partial charge is 0.439 e. The third-order valence-electron chi connectivity index (χ3n) is 4.01. The van der Waals surface area contributed by atoms with Crippen LogP contribution < -0.4 is 20.8 Å². The molecule has 4 nitrogen and oxygen atoms in total. The highest BCUT2D eigenvalue weighted by Gasteiger charge is 2.29. The van der Waals surface area contributed by atoms with Gasteiger partial charge in [-0.25, -0.2) is 9.55 Å². The van der Waals surface area contributed by atoms with E-state index in [-0.39, 0.29) is 6.85 Å². The molecule has 21 heavy (non-hydrogen) atoms. The lowest BCUT2D eigenvalue weighted by Crippen LogP contribution is -2.60. The Morgan fingerprint density at radius 3 is 3.00 bits per heavy atom. The molecule has 0 aromatic carbocycles. The van der Waals surface area contributed by atoms with Crippen molar-refractivity contribution in [3.05, 3.63) is 53.4 Å². The quantitative estimate of drug-likeness (QED) is 0.446. The fraction of sp³-hybridized carbons (Fsp3) is 0.125. The molecule has 0 amide bonds. The number of hydrogen-bond donors (Lipinski definition) is 0. The van der Waals surface area contributed by atoms with Crippen molar-refractivity contribution < 1.29 is 8.98 Å². The summed E-state index contributed by atoms with van der Waals surface area (Å²) in [5, 5.41) is 2.17. The molecule has 3 aromatic rings. The standard InChI is InChI=1S/C16H15BN3O/c1-19-9-4-3-7-15(19)17-10-14-13(11-20(17)2)12-6-5-8-18-16(12)21-14/h3-11H,1-2H3/q+1. The van der Waals surface area contributed by atoms with E-state index in [2.05, 4.69) is 59.0 Å². The number of hydrogen-bond acceptors (Lipinski definition) is 3. The van der Waals surface area contributed by atoms with Crippen LogP contribution >= 0.6 is 0 Å². The Balaban J connectivity index is 1.97. The van der Waals surface area contributed by atoms with Crippen LogP contribution in [0.4, 0.5) is 0 Å². The molecule has 0 spiro atoms. The molecule has 0 radical (unpaired) electrons. The van der Waals surface area contributed by atoms with Gasteiger partial charge in [0.2, 0.25) is 5.71 Å². The molecule has 0 saturated heterocycles. The lowest BCUT2D eigenvalue weighted by molar-refractivity contribution is -0.654. The monoisotopic (exact) mass is 276 g/mol. The maximum absolute atomic E-state index is 5.90. The summed E-state index contributed by atoms with van der Waals surface area (Å²) in [7, 11) is 4.15. The molecule has 0 atom stereocenters. The SMILES string of the molecule is CN1C=c2c(oc3ncccc23)=CB1c1cccc[n+]1C. The van der Waals surface area contributed by atoms with Gasteiger partial charge in [-0.1, -0.05) is 6.07 Å². The minimum Gasteiger partial charge on any atom is -0.439 e. The summed E-state index contributed by atoms with van der Waals surface area (Å²) in [6.07, 6.45) is 5.96. The first-order valence-electron chi connectivity index (χ1n) is 6.98. The Hall–Kier alpha value is -2.56. The lowest BCUT2D eigenvalue weighted by Gasteiger charge is -2.20. The number of aromatic nitrogens is 2. The Kier molecular flexibility index (Phi) is 2.60. The van der Waals surface area contributed by atoms with E-state index in [0.717, 1.165) is 16.0 Å². The molecular weight excluding hydrogens is 261 g/mol. The van der Waals surface area contributed by atoms with Crippen molar-refractivity contribution in [1.82, 2.24) is 9.79 Å². The zero-order valence-corrected chi connectivity index (χ0v) is 12.0. The summed E-state index contributed by atoms with van der Waals surface area (Å²) in [6, 6.07) is 10.2. The molecule has 4 rings (SSSR count). The van der Waals surface area contributed by atoms with Gasteiger partial charge in [0.1, 0.15) is 12.5 Å². The van der Waals surface area contributed by atoms with Crippen molar-refractivity contribution >= 4 is 35.7 Å². The van der Waals surface area contributed by atoms with Crippen LogP contribution in [0.15, 0.2) is 47.1 Å². The van der Waals surface area contributed by atoms with Gasteiger partial charge < -0.3 is 9.23 Å². The summed E-state index contributed by atoms with van der Waals surface area (Å²) >= 11 is 0. The van der Waals surface area contributed by atoms with Gasteiger partial charge in [-0.15, -0.1) is 0 Å². The third kappa shape index (κ3) is 1.85. The van der Waals surface area contributed by atoms with Crippen LogP contribution in [-0.4, -0.2) is 23.7 Å². The zero-order valence-electron chi connectivity index (χ0n) is 12.0. The van der Waals surface area contributed by atoms with Gasteiger partial charge in [-0.2, -0.15) is 0 Å². The van der Waals surface area contributed by atoms with Crippen molar-refractivity contribution in [1.29, 1.82) is 0 Å². The third-order valence-corrected chi connectivity index (χ3v) is 4.01. The van der Waals surface area contributed by atoms with E-state index in [9.17, 15) is 0 Å². The van der Waals surface area contributed by atoms with Crippen molar-refractivity contribution in [3.8, 4) is 0 Å². The highest BCUT2D eigenvalue weighted by molar-refractivity contribution is 6.82. The smallest absolute Gasteiger partial charge is 0.399 e. The Labute approximate surface area is 122 Å². The predicted octanol–water partition coefficient (Wildman–Crippen LogP) is -0.446. The number of nitrogens with zero attached hydrogens (tertiary/aromatic N) is 3. The number of rotatable bonds is 1. The molecule has 102 valence electrons. The fourth-order valence-corrected chi connectivity index (χ4v) is 2.91. The van der Waals surface area contributed by atoms with Crippen molar-refractivity contribution in [2.45, 2.75) is 0 Å². The van der Waals surface area contributed by atoms with Crippen molar-refractivity contribution in [3.63, 3.8) is 0 Å². The molecule has 4 heterocycles. The van der Waals surface area contributed by atoms with E-state index in [1.807, 2.05) is 18.2 Å². The summed E-state index contributed by atoms with van der Waals surface area (Å²) in [6.45, 7) is 0.157. The maximum Gasteiger partial charge on any atom is 0.399 e. The van der Waals surface area contributed by atoms with Crippen LogP contribution in [0.5, 0.6) is 0 Å². The van der Waals surface area contributed by atoms with E-state index in [1.54, 1.807) is 6.20 Å². The van der Waals surface area contributed by atoms with E-state index < -0.39 is 0 Å². The minimum absolute atomic E-state index is 0.157. The Bertz CT molecular complexity index is 948. The molecule has 3 aromatic heterocycles. The van der Waals surface area contributed by atoms with Crippen LogP contribution in [0.3, 0.4) is 0 Å². The van der Waals surface area contributed by atoms with Crippen LogP contribution in [0, 0.1) is 0 Å². The van der Waals surface area contributed by atoms with Crippen molar-refractivity contribution in [2.24, 2.45) is 7.05 Å². The molecule has 0 aliphatic carbocycles. The number of fused-ring (bicyclic) bond motifs is 3. The summed E-state index contributed by atoms with van der Waals surface area (Å²) in [5.41, 5.74) is 2.81. The molecule has 0 saturated carbocycles. The van der Waals surface area contributed by atoms with E-state index in [4.69, 9.17) is 4.42 Å². The molecular formula is C16H15BN3O+. The number of furan rings is 1. The van der Waals surface area contributed by atoms with Gasteiger partial charge in [0, 0.05) is 22.9 Å². The van der Waals surface area contributed by atoms with E-state index in [0.29, 0.717) is 5.71 Å². The second-order valence-corrected chi connectivity index (χ2v) is 5.38.